The van der Waals surface area contributed by atoms with Crippen molar-refractivity contribution in [2.75, 3.05) is 45.2 Å². The summed E-state index contributed by atoms with van der Waals surface area (Å²) in [4.78, 5) is 11.8. The number of morpholine rings is 1. The Balaban J connectivity index is 1.61. The summed E-state index contributed by atoms with van der Waals surface area (Å²) in [6, 6.07) is 4.92. The number of nitrogens with one attached hydrogen (secondary N) is 1. The number of halogens is 2. The Kier molecular flexibility index (Phi) is 8.43. The highest BCUT2D eigenvalue weighted by Gasteiger charge is 2.23. The molecule has 1 aromatic carbocycles. The van der Waals surface area contributed by atoms with Gasteiger partial charge in [0.15, 0.2) is 0 Å². The fourth-order valence-corrected chi connectivity index (χ4v) is 4.16. The Morgan fingerprint density at radius 3 is 2.69 bits per heavy atom. The van der Waals surface area contributed by atoms with Gasteiger partial charge in [-0.05, 0) is 24.6 Å². The standard InChI is InChI=1S/C16H22Cl2N2O5S/c17-13-3-4-15(14(18)12-13)25-8-1-2-16(21)19-5-11-26(22,23)20-6-9-24-10-7-20/h3-4,12H,1-2,5-11H2,(H,19,21). The van der Waals surface area contributed by atoms with Crippen LogP contribution in [0.15, 0.2) is 18.2 Å². The normalized spacial score (nSPS) is 15.6. The maximum absolute atomic E-state index is 12.1. The molecule has 1 aromatic rings. The molecule has 0 aliphatic carbocycles. The zero-order chi connectivity index (χ0) is 19.0. The van der Waals surface area contributed by atoms with E-state index in [1.807, 2.05) is 0 Å². The highest BCUT2D eigenvalue weighted by Crippen LogP contribution is 2.27. The average Bonchev–Trinajstić information content (AvgIpc) is 2.61. The SMILES string of the molecule is O=C(CCCOc1ccc(Cl)cc1Cl)NCCS(=O)(=O)N1CCOCC1. The molecule has 2 rings (SSSR count). The van der Waals surface area contributed by atoms with Crippen molar-refractivity contribution in [2.45, 2.75) is 12.8 Å². The minimum atomic E-state index is -3.36. The van der Waals surface area contributed by atoms with Crippen LogP contribution in [0.25, 0.3) is 0 Å². The van der Waals surface area contributed by atoms with E-state index in [0.29, 0.717) is 55.1 Å². The van der Waals surface area contributed by atoms with Gasteiger partial charge in [-0.2, -0.15) is 4.31 Å². The second-order valence-electron chi connectivity index (χ2n) is 5.70. The van der Waals surface area contributed by atoms with Crippen molar-refractivity contribution >= 4 is 39.1 Å². The van der Waals surface area contributed by atoms with Crippen molar-refractivity contribution in [1.82, 2.24) is 9.62 Å². The van der Waals surface area contributed by atoms with Gasteiger partial charge in [0.1, 0.15) is 5.75 Å². The molecule has 1 amide bonds. The van der Waals surface area contributed by atoms with E-state index in [0.717, 1.165) is 0 Å². The quantitative estimate of drug-likeness (QED) is 0.612. The van der Waals surface area contributed by atoms with E-state index in [1.54, 1.807) is 18.2 Å². The summed E-state index contributed by atoms with van der Waals surface area (Å²) >= 11 is 11.8. The fraction of sp³-hybridized carbons (Fsp3) is 0.562. The Labute approximate surface area is 163 Å². The lowest BCUT2D eigenvalue weighted by atomic mass is 10.3. The molecule has 1 heterocycles. The van der Waals surface area contributed by atoms with Crippen LogP contribution in [0.3, 0.4) is 0 Å². The van der Waals surface area contributed by atoms with Crippen molar-refractivity contribution in [2.24, 2.45) is 0 Å². The molecule has 7 nitrogen and oxygen atoms in total. The highest BCUT2D eigenvalue weighted by molar-refractivity contribution is 7.89. The van der Waals surface area contributed by atoms with Crippen molar-refractivity contribution in [3.05, 3.63) is 28.2 Å². The minimum Gasteiger partial charge on any atom is -0.492 e. The van der Waals surface area contributed by atoms with E-state index < -0.39 is 10.0 Å². The van der Waals surface area contributed by atoms with Crippen molar-refractivity contribution in [3.63, 3.8) is 0 Å². The maximum atomic E-state index is 12.1. The van der Waals surface area contributed by atoms with E-state index in [9.17, 15) is 13.2 Å². The first-order valence-corrected chi connectivity index (χ1v) is 10.6. The molecule has 1 aliphatic heterocycles. The van der Waals surface area contributed by atoms with Crippen LogP contribution in [-0.4, -0.2) is 63.8 Å². The lowest BCUT2D eigenvalue weighted by Crippen LogP contribution is -2.43. The molecule has 1 aliphatic rings. The summed E-state index contributed by atoms with van der Waals surface area (Å²) in [7, 11) is -3.36. The van der Waals surface area contributed by atoms with Gasteiger partial charge in [0.05, 0.1) is 30.6 Å². The Hall–Kier alpha value is -1.06. The van der Waals surface area contributed by atoms with Crippen LogP contribution in [0.1, 0.15) is 12.8 Å². The van der Waals surface area contributed by atoms with Gasteiger partial charge in [-0.25, -0.2) is 8.42 Å². The van der Waals surface area contributed by atoms with Gasteiger partial charge in [0, 0.05) is 31.1 Å². The number of carbonyl (C=O) groups excluding carboxylic acids is 1. The zero-order valence-corrected chi connectivity index (χ0v) is 16.6. The largest absolute Gasteiger partial charge is 0.492 e. The second-order valence-corrected chi connectivity index (χ2v) is 8.64. The number of amides is 1. The first-order valence-electron chi connectivity index (χ1n) is 8.28. The summed E-state index contributed by atoms with van der Waals surface area (Å²) in [5.41, 5.74) is 0. The number of hydrogen-bond donors (Lipinski definition) is 1. The maximum Gasteiger partial charge on any atom is 0.220 e. The molecule has 0 spiro atoms. The average molecular weight is 425 g/mol. The van der Waals surface area contributed by atoms with Gasteiger partial charge in [0.2, 0.25) is 15.9 Å². The van der Waals surface area contributed by atoms with Crippen LogP contribution >= 0.6 is 23.2 Å². The molecule has 0 aromatic heterocycles. The Bertz CT molecular complexity index is 709. The monoisotopic (exact) mass is 424 g/mol. The number of sulfonamides is 1. The molecule has 0 unspecified atom stereocenters. The second kappa shape index (κ2) is 10.3. The Morgan fingerprint density at radius 2 is 2.00 bits per heavy atom. The summed E-state index contributed by atoms with van der Waals surface area (Å²) < 4.78 is 36.3. The van der Waals surface area contributed by atoms with Crippen LogP contribution < -0.4 is 10.1 Å². The zero-order valence-electron chi connectivity index (χ0n) is 14.2. The summed E-state index contributed by atoms with van der Waals surface area (Å²) in [6.07, 6.45) is 0.726. The number of nitrogens with zero attached hydrogens (tertiary/aromatic N) is 1. The predicted molar refractivity (Wildman–Crippen MR) is 100 cm³/mol. The number of rotatable bonds is 9. The summed E-state index contributed by atoms with van der Waals surface area (Å²) in [6.45, 7) is 1.94. The van der Waals surface area contributed by atoms with Crippen LogP contribution in [0.2, 0.25) is 10.0 Å². The third-order valence-corrected chi connectivity index (χ3v) is 6.15. The van der Waals surface area contributed by atoms with E-state index in [2.05, 4.69) is 5.32 Å². The van der Waals surface area contributed by atoms with E-state index >= 15 is 0 Å². The van der Waals surface area contributed by atoms with Gasteiger partial charge in [0.25, 0.3) is 0 Å². The van der Waals surface area contributed by atoms with Crippen molar-refractivity contribution in [1.29, 1.82) is 0 Å². The fourth-order valence-electron chi connectivity index (χ4n) is 2.37. The molecular formula is C16H22Cl2N2O5S. The molecule has 26 heavy (non-hydrogen) atoms. The molecule has 1 N–H and O–H groups in total. The molecule has 0 atom stereocenters. The molecule has 0 saturated carbocycles. The van der Waals surface area contributed by atoms with Gasteiger partial charge < -0.3 is 14.8 Å². The minimum absolute atomic E-state index is 0.0857. The van der Waals surface area contributed by atoms with E-state index in [1.165, 1.54) is 4.31 Å². The van der Waals surface area contributed by atoms with Gasteiger partial charge in [-0.15, -0.1) is 0 Å². The molecule has 1 saturated heterocycles. The van der Waals surface area contributed by atoms with Crippen molar-refractivity contribution in [3.8, 4) is 5.75 Å². The smallest absolute Gasteiger partial charge is 0.220 e. The summed E-state index contributed by atoms with van der Waals surface area (Å²) in [5, 5.41) is 3.55. The van der Waals surface area contributed by atoms with Crippen LogP contribution in [-0.2, 0) is 19.6 Å². The van der Waals surface area contributed by atoms with Crippen LogP contribution in [0, 0.1) is 0 Å². The topological polar surface area (TPSA) is 84.9 Å². The lowest BCUT2D eigenvalue weighted by Gasteiger charge is -2.26. The molecule has 1 fully saturated rings. The predicted octanol–water partition coefficient (Wildman–Crippen LogP) is 1.93. The lowest BCUT2D eigenvalue weighted by molar-refractivity contribution is -0.121. The number of benzene rings is 1. The highest BCUT2D eigenvalue weighted by atomic mass is 35.5. The third-order valence-electron chi connectivity index (χ3n) is 3.75. The first-order chi connectivity index (χ1) is 12.4. The van der Waals surface area contributed by atoms with E-state index in [-0.39, 0.29) is 24.6 Å². The Morgan fingerprint density at radius 1 is 1.27 bits per heavy atom. The molecule has 10 heteroatoms. The van der Waals surface area contributed by atoms with Crippen LogP contribution in [0.5, 0.6) is 5.75 Å². The first kappa shape index (κ1) is 21.2. The molecule has 0 radical (unpaired) electrons. The van der Waals surface area contributed by atoms with Gasteiger partial charge in [-0.3, -0.25) is 4.79 Å². The molecule has 146 valence electrons. The number of hydrogen-bond acceptors (Lipinski definition) is 5. The van der Waals surface area contributed by atoms with Gasteiger partial charge in [-0.1, -0.05) is 23.2 Å². The van der Waals surface area contributed by atoms with Crippen molar-refractivity contribution < 1.29 is 22.7 Å². The summed E-state index contributed by atoms with van der Waals surface area (Å²) in [5.74, 6) is 0.177. The van der Waals surface area contributed by atoms with Gasteiger partial charge >= 0.3 is 0 Å². The molecular weight excluding hydrogens is 403 g/mol. The van der Waals surface area contributed by atoms with Crippen LogP contribution in [0.4, 0.5) is 0 Å². The van der Waals surface area contributed by atoms with E-state index in [4.69, 9.17) is 32.7 Å². The molecule has 0 bridgehead atoms. The third kappa shape index (κ3) is 6.92. The number of carbonyl (C=O) groups is 1. The number of ether oxygens (including phenoxy) is 2.